The van der Waals surface area contributed by atoms with Gasteiger partial charge in [-0.15, -0.1) is 0 Å². The number of rotatable bonds is 8. The zero-order chi connectivity index (χ0) is 23.9. The monoisotopic (exact) mass is 458 g/mol. The average Bonchev–Trinajstić information content (AvgIpc) is 2.85. The van der Waals surface area contributed by atoms with Crippen LogP contribution in [-0.4, -0.2) is 60.9 Å². The van der Waals surface area contributed by atoms with Crippen LogP contribution in [0.2, 0.25) is 0 Å². The fourth-order valence-corrected chi connectivity index (χ4v) is 4.64. The quantitative estimate of drug-likeness (QED) is 0.538. The maximum absolute atomic E-state index is 12.7. The molecule has 1 fully saturated rings. The van der Waals surface area contributed by atoms with Crippen molar-refractivity contribution in [3.8, 4) is 0 Å². The molecule has 4 rings (SSSR count). The number of nitrogens with one attached hydrogen (secondary N) is 2. The minimum atomic E-state index is -0.0606. The molecule has 3 aromatic rings. The molecule has 0 saturated carbocycles. The Hall–Kier alpha value is -3.22. The Labute approximate surface area is 201 Å². The SMILES string of the molecule is CCc1ccccc1NC(=O)CN1CCN(CC(=O)N[C@@H](C)c2cccc3ccccc23)CC1. The summed E-state index contributed by atoms with van der Waals surface area (Å²) in [5, 5.41) is 8.55. The van der Waals surface area contributed by atoms with Crippen molar-refractivity contribution in [3.63, 3.8) is 0 Å². The van der Waals surface area contributed by atoms with E-state index in [9.17, 15) is 9.59 Å². The van der Waals surface area contributed by atoms with Crippen molar-refractivity contribution >= 4 is 28.3 Å². The molecule has 1 aliphatic rings. The number of nitrogens with zero attached hydrogens (tertiary/aromatic N) is 2. The third kappa shape index (κ3) is 6.01. The van der Waals surface area contributed by atoms with E-state index in [-0.39, 0.29) is 17.9 Å². The number of aryl methyl sites for hydroxylation is 1. The van der Waals surface area contributed by atoms with Crippen LogP contribution in [0.1, 0.15) is 31.0 Å². The molecule has 6 nitrogen and oxygen atoms in total. The normalized spacial score (nSPS) is 15.7. The van der Waals surface area contributed by atoms with E-state index in [1.165, 1.54) is 10.8 Å². The van der Waals surface area contributed by atoms with Gasteiger partial charge in [-0.05, 0) is 41.3 Å². The Morgan fingerprint density at radius 2 is 1.44 bits per heavy atom. The average molecular weight is 459 g/mol. The van der Waals surface area contributed by atoms with Crippen molar-refractivity contribution in [2.45, 2.75) is 26.3 Å². The lowest BCUT2D eigenvalue weighted by Crippen LogP contribution is -2.51. The predicted molar refractivity (Wildman–Crippen MR) is 138 cm³/mol. The Morgan fingerprint density at radius 1 is 0.824 bits per heavy atom. The summed E-state index contributed by atoms with van der Waals surface area (Å²) in [7, 11) is 0. The van der Waals surface area contributed by atoms with E-state index in [2.05, 4.69) is 51.6 Å². The van der Waals surface area contributed by atoms with E-state index in [1.807, 2.05) is 49.4 Å². The van der Waals surface area contributed by atoms with E-state index in [4.69, 9.17) is 0 Å². The van der Waals surface area contributed by atoms with Gasteiger partial charge >= 0.3 is 0 Å². The van der Waals surface area contributed by atoms with Crippen LogP contribution in [0.4, 0.5) is 5.69 Å². The number of carbonyl (C=O) groups is 2. The van der Waals surface area contributed by atoms with Crippen molar-refractivity contribution in [1.29, 1.82) is 0 Å². The highest BCUT2D eigenvalue weighted by Crippen LogP contribution is 2.24. The number of fused-ring (bicyclic) bond motifs is 1. The minimum Gasteiger partial charge on any atom is -0.348 e. The zero-order valence-corrected chi connectivity index (χ0v) is 20.1. The molecule has 0 spiro atoms. The van der Waals surface area contributed by atoms with Crippen LogP contribution in [0.5, 0.6) is 0 Å². The molecule has 1 atom stereocenters. The predicted octanol–water partition coefficient (Wildman–Crippen LogP) is 3.84. The topological polar surface area (TPSA) is 64.7 Å². The number of piperazine rings is 1. The van der Waals surface area contributed by atoms with Crippen LogP contribution in [0.3, 0.4) is 0 Å². The summed E-state index contributed by atoms with van der Waals surface area (Å²) in [5.74, 6) is 0.0406. The molecular weight excluding hydrogens is 424 g/mol. The second kappa shape index (κ2) is 11.3. The highest BCUT2D eigenvalue weighted by atomic mass is 16.2. The van der Waals surface area contributed by atoms with Crippen molar-refractivity contribution in [3.05, 3.63) is 77.9 Å². The first-order valence-corrected chi connectivity index (χ1v) is 12.1. The van der Waals surface area contributed by atoms with Gasteiger partial charge < -0.3 is 10.6 Å². The smallest absolute Gasteiger partial charge is 0.238 e. The lowest BCUT2D eigenvalue weighted by molar-refractivity contribution is -0.124. The summed E-state index contributed by atoms with van der Waals surface area (Å²) >= 11 is 0. The van der Waals surface area contributed by atoms with Crippen molar-refractivity contribution in [2.24, 2.45) is 0 Å². The Morgan fingerprint density at radius 3 is 2.18 bits per heavy atom. The molecule has 1 aliphatic heterocycles. The van der Waals surface area contributed by atoms with Crippen LogP contribution >= 0.6 is 0 Å². The summed E-state index contributed by atoms with van der Waals surface area (Å²) in [6.07, 6.45) is 0.885. The van der Waals surface area contributed by atoms with Gasteiger partial charge in [0, 0.05) is 31.9 Å². The van der Waals surface area contributed by atoms with Gasteiger partial charge in [0.15, 0.2) is 0 Å². The number of benzene rings is 3. The summed E-state index contributed by atoms with van der Waals surface area (Å²) < 4.78 is 0. The Balaban J connectivity index is 1.23. The molecule has 1 saturated heterocycles. The standard InChI is InChI=1S/C28H34N4O2/c1-3-22-9-5-7-14-26(22)30-28(34)20-32-17-15-31(16-18-32)19-27(33)29-21(2)24-13-8-11-23-10-4-6-12-25(23)24/h4-14,21H,3,15-20H2,1-2H3,(H,29,33)(H,30,34)/t21-/m0/s1. The van der Waals surface area contributed by atoms with Crippen LogP contribution in [0, 0.1) is 0 Å². The lowest BCUT2D eigenvalue weighted by atomic mass is 10.00. The first-order chi connectivity index (χ1) is 16.5. The number of hydrogen-bond donors (Lipinski definition) is 2. The molecule has 0 unspecified atom stereocenters. The third-order valence-corrected chi connectivity index (χ3v) is 6.54. The summed E-state index contributed by atoms with van der Waals surface area (Å²) in [4.78, 5) is 29.6. The van der Waals surface area contributed by atoms with Crippen molar-refractivity contribution < 1.29 is 9.59 Å². The fraction of sp³-hybridized carbons (Fsp3) is 0.357. The number of carbonyl (C=O) groups excluding carboxylic acids is 2. The van der Waals surface area contributed by atoms with Gasteiger partial charge in [-0.25, -0.2) is 0 Å². The molecule has 0 aliphatic carbocycles. The lowest BCUT2D eigenvalue weighted by Gasteiger charge is -2.34. The summed E-state index contributed by atoms with van der Waals surface area (Å²) in [6, 6.07) is 22.3. The van der Waals surface area contributed by atoms with E-state index in [0.29, 0.717) is 13.1 Å². The van der Waals surface area contributed by atoms with Gasteiger partial charge in [0.1, 0.15) is 0 Å². The molecule has 0 bridgehead atoms. The fourth-order valence-electron chi connectivity index (χ4n) is 4.64. The van der Waals surface area contributed by atoms with Crippen molar-refractivity contribution in [2.75, 3.05) is 44.6 Å². The number of para-hydroxylation sites is 1. The van der Waals surface area contributed by atoms with E-state index in [1.54, 1.807) is 0 Å². The first kappa shape index (κ1) is 23.9. The molecule has 0 aromatic heterocycles. The van der Waals surface area contributed by atoms with Gasteiger partial charge in [-0.3, -0.25) is 19.4 Å². The molecule has 178 valence electrons. The molecule has 2 amide bonds. The van der Waals surface area contributed by atoms with E-state index in [0.717, 1.165) is 49.4 Å². The van der Waals surface area contributed by atoms with Crippen LogP contribution in [0.15, 0.2) is 66.7 Å². The van der Waals surface area contributed by atoms with Gasteiger partial charge in [-0.2, -0.15) is 0 Å². The van der Waals surface area contributed by atoms with Gasteiger partial charge in [-0.1, -0.05) is 67.6 Å². The van der Waals surface area contributed by atoms with Gasteiger partial charge in [0.2, 0.25) is 11.8 Å². The number of hydrogen-bond acceptors (Lipinski definition) is 4. The Kier molecular flexibility index (Phi) is 7.93. The number of anilines is 1. The van der Waals surface area contributed by atoms with E-state index < -0.39 is 0 Å². The third-order valence-electron chi connectivity index (χ3n) is 6.54. The van der Waals surface area contributed by atoms with Crippen LogP contribution in [0.25, 0.3) is 10.8 Å². The minimum absolute atomic E-state index is 0.0102. The molecule has 2 N–H and O–H groups in total. The maximum atomic E-state index is 12.7. The highest BCUT2D eigenvalue weighted by Gasteiger charge is 2.22. The zero-order valence-electron chi connectivity index (χ0n) is 20.1. The second-order valence-corrected chi connectivity index (χ2v) is 8.97. The Bertz CT molecular complexity index is 1130. The first-order valence-electron chi connectivity index (χ1n) is 12.1. The summed E-state index contributed by atoms with van der Waals surface area (Å²) in [6.45, 7) is 7.96. The van der Waals surface area contributed by atoms with Crippen LogP contribution < -0.4 is 10.6 Å². The highest BCUT2D eigenvalue weighted by molar-refractivity contribution is 5.93. The maximum Gasteiger partial charge on any atom is 0.238 e. The largest absolute Gasteiger partial charge is 0.348 e. The molecule has 1 heterocycles. The molecule has 3 aromatic carbocycles. The van der Waals surface area contributed by atoms with E-state index >= 15 is 0 Å². The van der Waals surface area contributed by atoms with Crippen LogP contribution in [-0.2, 0) is 16.0 Å². The van der Waals surface area contributed by atoms with Gasteiger partial charge in [0.25, 0.3) is 0 Å². The molecular formula is C28H34N4O2. The number of amides is 2. The second-order valence-electron chi connectivity index (χ2n) is 8.97. The molecule has 6 heteroatoms. The van der Waals surface area contributed by atoms with Gasteiger partial charge in [0.05, 0.1) is 19.1 Å². The molecule has 34 heavy (non-hydrogen) atoms. The van der Waals surface area contributed by atoms with Crippen molar-refractivity contribution in [1.82, 2.24) is 15.1 Å². The molecule has 0 radical (unpaired) electrons. The summed E-state index contributed by atoms with van der Waals surface area (Å²) in [5.41, 5.74) is 3.17.